The summed E-state index contributed by atoms with van der Waals surface area (Å²) in [5.41, 5.74) is 10.7. The smallest absolute Gasteiger partial charge is 0.406 e. The normalized spacial score (nSPS) is 12.5. The van der Waals surface area contributed by atoms with Crippen LogP contribution in [0.15, 0.2) is 97.1 Å². The molecular formula is C42H42F6N8O4S2. The van der Waals surface area contributed by atoms with Crippen LogP contribution < -0.4 is 25.8 Å². The number of hydrogen-bond donors (Lipinski definition) is 3. The predicted molar refractivity (Wildman–Crippen MR) is 223 cm³/mol. The number of nitrogens with one attached hydrogen (secondary N) is 2. The quantitative estimate of drug-likeness (QED) is 0.0854. The molecule has 2 atom stereocenters. The summed E-state index contributed by atoms with van der Waals surface area (Å²) in [7, 11) is 4.00. The van der Waals surface area contributed by atoms with Gasteiger partial charge in [-0.15, -0.1) is 46.7 Å². The first-order valence-corrected chi connectivity index (χ1v) is 20.4. The first kappa shape index (κ1) is 47.1. The second kappa shape index (κ2) is 21.2. The Balaban J connectivity index is 0.000000235. The largest absolute Gasteiger partial charge is 0.573 e. The van der Waals surface area contributed by atoms with Gasteiger partial charge in [-0.3, -0.25) is 9.59 Å². The number of amides is 2. The van der Waals surface area contributed by atoms with E-state index < -0.39 is 24.8 Å². The molecule has 20 heteroatoms. The third-order valence-corrected chi connectivity index (χ3v) is 10.7. The minimum Gasteiger partial charge on any atom is -0.406 e. The highest BCUT2D eigenvalue weighted by atomic mass is 32.1. The van der Waals surface area contributed by atoms with Gasteiger partial charge in [-0.25, -0.2) is 0 Å². The van der Waals surface area contributed by atoms with Crippen LogP contribution in [0.1, 0.15) is 58.2 Å². The van der Waals surface area contributed by atoms with Crippen LogP contribution in [0.2, 0.25) is 0 Å². The van der Waals surface area contributed by atoms with Crippen LogP contribution in [0.5, 0.6) is 11.5 Å². The molecule has 0 unspecified atom stereocenters. The molecule has 0 fully saturated rings. The number of rotatable bonds is 15. The van der Waals surface area contributed by atoms with Gasteiger partial charge in [0, 0.05) is 38.1 Å². The minimum absolute atomic E-state index is 0.212. The van der Waals surface area contributed by atoms with E-state index in [-0.39, 0.29) is 23.3 Å². The van der Waals surface area contributed by atoms with Crippen molar-refractivity contribution in [3.05, 3.63) is 129 Å². The van der Waals surface area contributed by atoms with E-state index in [4.69, 9.17) is 5.73 Å². The Labute approximate surface area is 361 Å². The minimum atomic E-state index is -4.78. The molecule has 2 amide bonds. The van der Waals surface area contributed by atoms with Crippen molar-refractivity contribution in [3.63, 3.8) is 0 Å². The summed E-state index contributed by atoms with van der Waals surface area (Å²) >= 11 is 2.41. The zero-order valence-corrected chi connectivity index (χ0v) is 35.4. The van der Waals surface area contributed by atoms with Crippen LogP contribution in [0.4, 0.5) is 26.3 Å². The molecule has 328 valence electrons. The van der Waals surface area contributed by atoms with Crippen LogP contribution in [-0.4, -0.2) is 63.9 Å². The van der Waals surface area contributed by atoms with E-state index in [1.165, 1.54) is 78.5 Å². The summed E-state index contributed by atoms with van der Waals surface area (Å²) in [5, 5.41) is 24.2. The van der Waals surface area contributed by atoms with Crippen molar-refractivity contribution in [1.82, 2.24) is 35.9 Å². The van der Waals surface area contributed by atoms with Gasteiger partial charge in [-0.1, -0.05) is 95.5 Å². The Hall–Kier alpha value is -5.96. The first-order valence-electron chi connectivity index (χ1n) is 18.8. The lowest BCUT2D eigenvalue weighted by atomic mass is 10.0. The first-order chi connectivity index (χ1) is 29.3. The van der Waals surface area contributed by atoms with Crippen LogP contribution in [0.25, 0.3) is 21.1 Å². The summed E-state index contributed by atoms with van der Waals surface area (Å²) in [6.45, 7) is 4.09. The molecule has 0 radical (unpaired) electrons. The van der Waals surface area contributed by atoms with E-state index in [1.807, 2.05) is 62.6 Å². The molecule has 4 aromatic carbocycles. The van der Waals surface area contributed by atoms with Gasteiger partial charge in [-0.2, -0.15) is 0 Å². The zero-order valence-electron chi connectivity index (χ0n) is 33.8. The fourth-order valence-electron chi connectivity index (χ4n) is 5.96. The maximum Gasteiger partial charge on any atom is 0.573 e. The van der Waals surface area contributed by atoms with Gasteiger partial charge in [0.25, 0.3) is 0 Å². The third-order valence-electron chi connectivity index (χ3n) is 8.52. The second-order valence-corrected chi connectivity index (χ2v) is 16.0. The molecule has 6 rings (SSSR count). The molecule has 2 aromatic heterocycles. The summed E-state index contributed by atoms with van der Waals surface area (Å²) in [6.07, 6.45) is -8.56. The van der Waals surface area contributed by atoms with Crippen LogP contribution in [0, 0.1) is 0 Å². The number of ether oxygens (including phenoxy) is 2. The molecule has 0 bridgehead atoms. The Bertz CT molecular complexity index is 2390. The Morgan fingerprint density at radius 2 is 1.02 bits per heavy atom. The number of nitrogens with zero attached hydrogens (tertiary/aromatic N) is 5. The van der Waals surface area contributed by atoms with E-state index in [0.29, 0.717) is 50.5 Å². The van der Waals surface area contributed by atoms with E-state index in [1.54, 1.807) is 12.1 Å². The molecule has 0 aliphatic carbocycles. The fraction of sp³-hybridized carbons (Fsp3) is 0.286. The molecule has 0 aliphatic rings. The number of carbonyl (C=O) groups is 2. The van der Waals surface area contributed by atoms with E-state index in [9.17, 15) is 35.9 Å². The maximum absolute atomic E-state index is 12.5. The van der Waals surface area contributed by atoms with Crippen molar-refractivity contribution in [2.45, 2.75) is 64.6 Å². The van der Waals surface area contributed by atoms with Gasteiger partial charge in [0.1, 0.15) is 31.5 Å². The van der Waals surface area contributed by atoms with Crippen molar-refractivity contribution in [2.75, 3.05) is 14.1 Å². The Morgan fingerprint density at radius 3 is 1.37 bits per heavy atom. The fourth-order valence-corrected chi connectivity index (χ4v) is 7.74. The van der Waals surface area contributed by atoms with Crippen molar-refractivity contribution in [1.29, 1.82) is 0 Å². The van der Waals surface area contributed by atoms with Crippen molar-refractivity contribution in [2.24, 2.45) is 5.73 Å². The lowest BCUT2D eigenvalue weighted by Crippen LogP contribution is -2.27. The highest BCUT2D eigenvalue weighted by molar-refractivity contribution is 7.15. The maximum atomic E-state index is 12.5. The van der Waals surface area contributed by atoms with E-state index in [2.05, 4.69) is 45.4 Å². The number of hydrogen-bond acceptors (Lipinski definition) is 12. The number of halogens is 6. The number of nitrogens with two attached hydrogens (primary N) is 1. The topological polar surface area (TPSA) is 157 Å². The number of carbonyl (C=O) groups excluding carboxylic acids is 2. The van der Waals surface area contributed by atoms with Crippen LogP contribution in [-0.2, 0) is 35.5 Å². The van der Waals surface area contributed by atoms with Crippen molar-refractivity contribution >= 4 is 34.5 Å². The van der Waals surface area contributed by atoms with Gasteiger partial charge < -0.3 is 30.7 Å². The highest BCUT2D eigenvalue weighted by Crippen LogP contribution is 2.34. The number of alkyl halides is 6. The van der Waals surface area contributed by atoms with Gasteiger partial charge in [-0.05, 0) is 73.5 Å². The number of aromatic nitrogens is 4. The van der Waals surface area contributed by atoms with Gasteiger partial charge in [0.05, 0.1) is 12.1 Å². The molecule has 2 heterocycles. The number of benzene rings is 4. The van der Waals surface area contributed by atoms with Crippen LogP contribution in [0.3, 0.4) is 0 Å². The SMILES string of the molecule is CC(=O)N[C@@H](Cc1ccc(CN(C)C)cc1)c1nnc(-c2cccc(OC(F)(F)F)c2)s1.CC(=O)N[C@@H](Cc1ccc(CN)cc1)c1nnc(-c2cccc(OC(F)(F)F)c2)s1. The Morgan fingerprint density at radius 1 is 0.629 bits per heavy atom. The third kappa shape index (κ3) is 15.2. The van der Waals surface area contributed by atoms with Crippen LogP contribution >= 0.6 is 22.7 Å². The van der Waals surface area contributed by atoms with Crippen molar-refractivity contribution in [3.8, 4) is 32.6 Å². The molecule has 62 heavy (non-hydrogen) atoms. The lowest BCUT2D eigenvalue weighted by molar-refractivity contribution is -0.275. The summed E-state index contributed by atoms with van der Waals surface area (Å²) in [4.78, 5) is 25.5. The average molecular weight is 901 g/mol. The van der Waals surface area contributed by atoms with E-state index >= 15 is 0 Å². The standard InChI is InChI=1S/C22H23F3N4O2S.C20H19F3N4O2S/c1-14(30)26-19(11-15-7-9-16(10-8-15)13-29(2)3)21-28-27-20(32-21)17-5-4-6-18(12-17)31-22(23,24)25;1-12(28)25-17(9-13-5-7-14(11-24)8-6-13)19-27-26-18(30-19)15-3-2-4-16(10-15)29-20(21,22)23/h4-10,12,19H,11,13H2,1-3H3,(H,26,30);2-8,10,17H,9,11,24H2,1H3,(H,25,28)/t19-;17-/m00/s1. The van der Waals surface area contributed by atoms with E-state index in [0.717, 1.165) is 23.2 Å². The monoisotopic (exact) mass is 900 g/mol. The zero-order chi connectivity index (χ0) is 45.0. The summed E-state index contributed by atoms with van der Waals surface area (Å²) in [5.74, 6) is -1.11. The van der Waals surface area contributed by atoms with Crippen molar-refractivity contribution < 1.29 is 45.4 Å². The predicted octanol–water partition coefficient (Wildman–Crippen LogP) is 8.57. The highest BCUT2D eigenvalue weighted by Gasteiger charge is 2.32. The molecule has 4 N–H and O–H groups in total. The molecule has 12 nitrogen and oxygen atoms in total. The summed E-state index contributed by atoms with van der Waals surface area (Å²) in [6, 6.07) is 26.0. The van der Waals surface area contributed by atoms with Gasteiger partial charge >= 0.3 is 12.7 Å². The second-order valence-electron chi connectivity index (χ2n) is 14.0. The average Bonchev–Trinajstić information content (AvgIpc) is 3.89. The molecular weight excluding hydrogens is 859 g/mol. The van der Waals surface area contributed by atoms with Gasteiger partial charge in [0.15, 0.2) is 0 Å². The van der Waals surface area contributed by atoms with Gasteiger partial charge in [0.2, 0.25) is 11.8 Å². The molecule has 0 saturated carbocycles. The summed E-state index contributed by atoms with van der Waals surface area (Å²) < 4.78 is 82.9. The molecule has 0 aliphatic heterocycles. The lowest BCUT2D eigenvalue weighted by Gasteiger charge is -2.16. The Kier molecular flexibility index (Phi) is 16.1. The molecule has 0 saturated heterocycles. The molecule has 0 spiro atoms. The molecule has 6 aromatic rings.